The van der Waals surface area contributed by atoms with Gasteiger partial charge in [-0.3, -0.25) is 4.79 Å². The summed E-state index contributed by atoms with van der Waals surface area (Å²) in [6.45, 7) is 0. The van der Waals surface area contributed by atoms with E-state index in [4.69, 9.17) is 0 Å². The number of rotatable bonds is 2. The zero-order valence-corrected chi connectivity index (χ0v) is 5.57. The molecule has 0 saturated carbocycles. The van der Waals surface area contributed by atoms with Crippen LogP contribution in [0, 0.1) is 0 Å². The van der Waals surface area contributed by atoms with Crippen LogP contribution in [0.5, 0.6) is 0 Å². The molecule has 0 saturated heterocycles. The van der Waals surface area contributed by atoms with Gasteiger partial charge in [-0.25, -0.2) is 13.8 Å². The zero-order chi connectivity index (χ0) is 7.56. The number of halogens is 2. The molecule has 0 spiro atoms. The van der Waals surface area contributed by atoms with Crippen molar-refractivity contribution in [3.63, 3.8) is 0 Å². The summed E-state index contributed by atoms with van der Waals surface area (Å²) in [4.78, 5) is 13.2. The molecule has 0 radical (unpaired) electrons. The maximum absolute atomic E-state index is 11.9. The van der Waals surface area contributed by atoms with E-state index in [0.29, 0.717) is 6.29 Å². The lowest BCUT2D eigenvalue weighted by Crippen LogP contribution is -1.87. The molecule has 1 aromatic rings. The van der Waals surface area contributed by atoms with Crippen molar-refractivity contribution < 1.29 is 13.6 Å². The van der Waals surface area contributed by atoms with Crippen molar-refractivity contribution in [2.45, 2.75) is 6.43 Å². The SMILES string of the molecule is O=Cc1ncsc1C(F)F. The van der Waals surface area contributed by atoms with Crippen LogP contribution in [0.25, 0.3) is 0 Å². The van der Waals surface area contributed by atoms with Crippen LogP contribution in [-0.2, 0) is 0 Å². The normalized spacial score (nSPS) is 10.3. The van der Waals surface area contributed by atoms with E-state index in [1.807, 2.05) is 0 Å². The van der Waals surface area contributed by atoms with E-state index in [0.717, 1.165) is 11.3 Å². The molecule has 1 heterocycles. The van der Waals surface area contributed by atoms with Gasteiger partial charge in [0.05, 0.1) is 5.51 Å². The smallest absolute Gasteiger partial charge is 0.275 e. The number of carbonyl (C=O) groups excluding carboxylic acids is 1. The molecular weight excluding hydrogens is 160 g/mol. The van der Waals surface area contributed by atoms with Gasteiger partial charge in [0.25, 0.3) is 6.43 Å². The fraction of sp³-hybridized carbons (Fsp3) is 0.200. The van der Waals surface area contributed by atoms with Crippen LogP contribution < -0.4 is 0 Å². The third kappa shape index (κ3) is 1.18. The van der Waals surface area contributed by atoms with Crippen LogP contribution in [0.2, 0.25) is 0 Å². The fourth-order valence-corrected chi connectivity index (χ4v) is 1.12. The molecule has 1 rings (SSSR count). The molecule has 54 valence electrons. The molecule has 0 atom stereocenters. The molecule has 0 aliphatic carbocycles. The van der Waals surface area contributed by atoms with E-state index in [9.17, 15) is 13.6 Å². The first-order chi connectivity index (χ1) is 4.75. The second kappa shape index (κ2) is 2.83. The molecule has 0 unspecified atom stereocenters. The highest BCUT2D eigenvalue weighted by Gasteiger charge is 2.14. The quantitative estimate of drug-likeness (QED) is 0.623. The lowest BCUT2D eigenvalue weighted by Gasteiger charge is -1.90. The van der Waals surface area contributed by atoms with E-state index < -0.39 is 6.43 Å². The highest BCUT2D eigenvalue weighted by Crippen LogP contribution is 2.24. The summed E-state index contributed by atoms with van der Waals surface area (Å²) in [5.41, 5.74) is 1.07. The van der Waals surface area contributed by atoms with Crippen molar-refractivity contribution >= 4 is 17.6 Å². The van der Waals surface area contributed by atoms with E-state index in [2.05, 4.69) is 4.98 Å². The first kappa shape index (κ1) is 7.27. The maximum Gasteiger partial charge on any atom is 0.275 e. The average Bonchev–Trinajstić information content (AvgIpc) is 2.33. The molecule has 10 heavy (non-hydrogen) atoms. The Bertz CT molecular complexity index is 235. The Hall–Kier alpha value is -0.840. The third-order valence-electron chi connectivity index (χ3n) is 0.934. The summed E-state index contributed by atoms with van der Waals surface area (Å²) in [5.74, 6) is 0. The summed E-state index contributed by atoms with van der Waals surface area (Å²) in [6, 6.07) is 0. The standard InChI is InChI=1S/C5H3F2NOS/c6-5(7)4-3(1-9)8-2-10-4/h1-2,5H. The molecule has 2 nitrogen and oxygen atoms in total. The summed E-state index contributed by atoms with van der Waals surface area (Å²) < 4.78 is 23.7. The van der Waals surface area contributed by atoms with Crippen LogP contribution in [0.4, 0.5) is 8.78 Å². The van der Waals surface area contributed by atoms with Crippen molar-refractivity contribution in [1.82, 2.24) is 4.98 Å². The van der Waals surface area contributed by atoms with E-state index in [-0.39, 0.29) is 10.6 Å². The molecule has 0 fully saturated rings. The monoisotopic (exact) mass is 163 g/mol. The van der Waals surface area contributed by atoms with Gasteiger partial charge < -0.3 is 0 Å². The second-order valence-corrected chi connectivity index (χ2v) is 2.41. The van der Waals surface area contributed by atoms with Crippen LogP contribution in [0.3, 0.4) is 0 Å². The molecule has 0 aliphatic heterocycles. The molecule has 0 bridgehead atoms. The number of aromatic nitrogens is 1. The summed E-state index contributed by atoms with van der Waals surface area (Å²) in [5, 5.41) is 0. The molecule has 0 aliphatic rings. The Kier molecular flexibility index (Phi) is 2.06. The number of alkyl halides is 2. The highest BCUT2D eigenvalue weighted by atomic mass is 32.1. The minimum absolute atomic E-state index is 0.153. The van der Waals surface area contributed by atoms with Gasteiger partial charge in [-0.2, -0.15) is 0 Å². The molecule has 1 aromatic heterocycles. The van der Waals surface area contributed by atoms with Crippen LogP contribution >= 0.6 is 11.3 Å². The summed E-state index contributed by atoms with van der Waals surface area (Å²) >= 11 is 0.790. The van der Waals surface area contributed by atoms with Crippen LogP contribution in [-0.4, -0.2) is 11.3 Å². The average molecular weight is 163 g/mol. The predicted molar refractivity (Wildman–Crippen MR) is 32.5 cm³/mol. The van der Waals surface area contributed by atoms with Crippen molar-refractivity contribution in [3.05, 3.63) is 16.1 Å². The minimum atomic E-state index is -2.59. The van der Waals surface area contributed by atoms with Gasteiger partial charge in [0.2, 0.25) is 0 Å². The number of thiazole rings is 1. The molecular formula is C5H3F2NOS. The van der Waals surface area contributed by atoms with Crippen LogP contribution in [0.15, 0.2) is 5.51 Å². The number of nitrogens with zero attached hydrogens (tertiary/aromatic N) is 1. The first-order valence-corrected chi connectivity index (χ1v) is 3.30. The van der Waals surface area contributed by atoms with Crippen molar-refractivity contribution in [2.75, 3.05) is 0 Å². The van der Waals surface area contributed by atoms with Gasteiger partial charge in [0, 0.05) is 0 Å². The topological polar surface area (TPSA) is 30.0 Å². The summed E-state index contributed by atoms with van der Waals surface area (Å²) in [7, 11) is 0. The number of carbonyl (C=O) groups is 1. The Labute approximate surface area is 59.5 Å². The van der Waals surface area contributed by atoms with Gasteiger partial charge in [-0.05, 0) is 0 Å². The number of hydrogen-bond donors (Lipinski definition) is 0. The first-order valence-electron chi connectivity index (χ1n) is 2.42. The molecule has 5 heteroatoms. The second-order valence-electron chi connectivity index (χ2n) is 1.52. The van der Waals surface area contributed by atoms with Crippen molar-refractivity contribution in [1.29, 1.82) is 0 Å². The Balaban J connectivity index is 3.01. The minimum Gasteiger partial charge on any atom is -0.296 e. The predicted octanol–water partition coefficient (Wildman–Crippen LogP) is 1.89. The zero-order valence-electron chi connectivity index (χ0n) is 4.75. The van der Waals surface area contributed by atoms with E-state index in [1.165, 1.54) is 5.51 Å². The molecule has 0 aromatic carbocycles. The Morgan fingerprint density at radius 2 is 2.40 bits per heavy atom. The molecule has 0 amide bonds. The fourth-order valence-electron chi connectivity index (χ4n) is 0.516. The number of aldehydes is 1. The van der Waals surface area contributed by atoms with Gasteiger partial charge in [0.1, 0.15) is 10.6 Å². The van der Waals surface area contributed by atoms with E-state index >= 15 is 0 Å². The molecule has 0 N–H and O–H groups in total. The van der Waals surface area contributed by atoms with Crippen molar-refractivity contribution in [3.8, 4) is 0 Å². The van der Waals surface area contributed by atoms with Gasteiger partial charge in [-0.15, -0.1) is 11.3 Å². The van der Waals surface area contributed by atoms with Gasteiger partial charge in [0.15, 0.2) is 6.29 Å². The van der Waals surface area contributed by atoms with Gasteiger partial charge >= 0.3 is 0 Å². The maximum atomic E-state index is 11.9. The Morgan fingerprint density at radius 1 is 1.70 bits per heavy atom. The van der Waals surface area contributed by atoms with E-state index in [1.54, 1.807) is 0 Å². The van der Waals surface area contributed by atoms with Crippen molar-refractivity contribution in [2.24, 2.45) is 0 Å². The lowest BCUT2D eigenvalue weighted by atomic mass is 10.4. The third-order valence-corrected chi connectivity index (χ3v) is 1.79. The van der Waals surface area contributed by atoms with Gasteiger partial charge in [-0.1, -0.05) is 0 Å². The lowest BCUT2D eigenvalue weighted by molar-refractivity contribution is 0.110. The summed E-state index contributed by atoms with van der Waals surface area (Å²) in [6.07, 6.45) is -2.26. The highest BCUT2D eigenvalue weighted by molar-refractivity contribution is 7.10. The largest absolute Gasteiger partial charge is 0.296 e. The number of hydrogen-bond acceptors (Lipinski definition) is 3. The Morgan fingerprint density at radius 3 is 2.80 bits per heavy atom. The van der Waals surface area contributed by atoms with Crippen LogP contribution in [0.1, 0.15) is 21.8 Å².